The van der Waals surface area contributed by atoms with Gasteiger partial charge in [0.15, 0.2) is 11.5 Å². The average Bonchev–Trinajstić information content (AvgIpc) is 2.50. The van der Waals surface area contributed by atoms with Gasteiger partial charge in [-0.3, -0.25) is 0 Å². The summed E-state index contributed by atoms with van der Waals surface area (Å²) >= 11 is 0. The summed E-state index contributed by atoms with van der Waals surface area (Å²) in [6.45, 7) is 4.55. The van der Waals surface area contributed by atoms with E-state index < -0.39 is 0 Å². The molecule has 0 saturated heterocycles. The molecule has 3 nitrogen and oxygen atoms in total. The Morgan fingerprint density at radius 1 is 1.05 bits per heavy atom. The van der Waals surface area contributed by atoms with Crippen molar-refractivity contribution in [3.05, 3.63) is 23.8 Å². The van der Waals surface area contributed by atoms with Crippen molar-refractivity contribution in [1.82, 2.24) is 5.32 Å². The van der Waals surface area contributed by atoms with Crippen LogP contribution < -0.4 is 14.8 Å². The number of nitrogens with one attached hydrogen (secondary N) is 1. The second-order valence-corrected chi connectivity index (χ2v) is 5.30. The van der Waals surface area contributed by atoms with Gasteiger partial charge < -0.3 is 14.8 Å². The summed E-state index contributed by atoms with van der Waals surface area (Å²) in [5.74, 6) is 2.40. The van der Waals surface area contributed by atoms with Crippen molar-refractivity contribution in [3.8, 4) is 11.5 Å². The van der Waals surface area contributed by atoms with Crippen LogP contribution in [0.15, 0.2) is 18.2 Å². The molecule has 0 radical (unpaired) electrons. The van der Waals surface area contributed by atoms with Gasteiger partial charge in [0.05, 0.1) is 14.2 Å². The zero-order valence-electron chi connectivity index (χ0n) is 13.5. The van der Waals surface area contributed by atoms with Crippen LogP contribution in [0, 0.1) is 5.92 Å². The van der Waals surface area contributed by atoms with Crippen LogP contribution in [0.2, 0.25) is 0 Å². The van der Waals surface area contributed by atoms with Gasteiger partial charge in [0, 0.05) is 6.04 Å². The van der Waals surface area contributed by atoms with Gasteiger partial charge in [-0.25, -0.2) is 0 Å². The van der Waals surface area contributed by atoms with Gasteiger partial charge in [0.25, 0.3) is 0 Å². The van der Waals surface area contributed by atoms with E-state index in [1.54, 1.807) is 14.2 Å². The third-order valence-corrected chi connectivity index (χ3v) is 4.11. The first-order valence-electron chi connectivity index (χ1n) is 7.56. The summed E-state index contributed by atoms with van der Waals surface area (Å²) in [5, 5.41) is 3.44. The summed E-state index contributed by atoms with van der Waals surface area (Å²) < 4.78 is 10.7. The molecule has 0 amide bonds. The lowest BCUT2D eigenvalue weighted by Crippen LogP contribution is -2.30. The summed E-state index contributed by atoms with van der Waals surface area (Å²) in [6.07, 6.45) is 4.74. The molecule has 114 valence electrons. The van der Waals surface area contributed by atoms with Crippen molar-refractivity contribution in [3.63, 3.8) is 0 Å². The number of methoxy groups -OCH3 is 2. The van der Waals surface area contributed by atoms with Gasteiger partial charge in [-0.15, -0.1) is 0 Å². The van der Waals surface area contributed by atoms with Gasteiger partial charge in [-0.2, -0.15) is 0 Å². The maximum absolute atomic E-state index is 5.37. The highest BCUT2D eigenvalue weighted by Gasteiger charge is 2.14. The first kappa shape index (κ1) is 16.8. The fourth-order valence-corrected chi connectivity index (χ4v) is 2.62. The molecule has 1 unspecified atom stereocenters. The maximum atomic E-state index is 5.37. The van der Waals surface area contributed by atoms with Gasteiger partial charge in [0.2, 0.25) is 0 Å². The van der Waals surface area contributed by atoms with Crippen LogP contribution in [0.25, 0.3) is 0 Å². The zero-order chi connectivity index (χ0) is 15.0. The fraction of sp³-hybridized carbons (Fsp3) is 0.647. The van der Waals surface area contributed by atoms with E-state index >= 15 is 0 Å². The van der Waals surface area contributed by atoms with Gasteiger partial charge in [-0.05, 0) is 43.5 Å². The van der Waals surface area contributed by atoms with Crippen LogP contribution in [0.5, 0.6) is 11.5 Å². The van der Waals surface area contributed by atoms with Gasteiger partial charge in [0.1, 0.15) is 0 Å². The Morgan fingerprint density at radius 2 is 1.70 bits per heavy atom. The van der Waals surface area contributed by atoms with Crippen LogP contribution in [0.1, 0.15) is 38.7 Å². The maximum Gasteiger partial charge on any atom is 0.160 e. The minimum atomic E-state index is 0.512. The largest absolute Gasteiger partial charge is 0.493 e. The number of rotatable bonds is 9. The van der Waals surface area contributed by atoms with Crippen LogP contribution in [0.3, 0.4) is 0 Å². The molecule has 0 aliphatic carbocycles. The summed E-state index contributed by atoms with van der Waals surface area (Å²) in [4.78, 5) is 0. The Kier molecular flexibility index (Phi) is 7.45. The van der Waals surface area contributed by atoms with E-state index in [9.17, 15) is 0 Å². The molecule has 1 aromatic carbocycles. The van der Waals surface area contributed by atoms with Crippen molar-refractivity contribution >= 4 is 0 Å². The van der Waals surface area contributed by atoms with Crippen molar-refractivity contribution in [2.45, 2.75) is 45.6 Å². The molecule has 0 spiro atoms. The lowest BCUT2D eigenvalue weighted by molar-refractivity contribution is 0.353. The first-order chi connectivity index (χ1) is 9.68. The normalized spacial score (nSPS) is 12.5. The molecule has 0 saturated carbocycles. The molecular formula is C17H29NO2. The minimum absolute atomic E-state index is 0.512. The van der Waals surface area contributed by atoms with Crippen molar-refractivity contribution < 1.29 is 9.47 Å². The molecule has 20 heavy (non-hydrogen) atoms. The smallest absolute Gasteiger partial charge is 0.160 e. The number of benzene rings is 1. The predicted molar refractivity (Wildman–Crippen MR) is 84.8 cm³/mol. The molecule has 0 aliphatic heterocycles. The molecule has 1 N–H and O–H groups in total. The highest BCUT2D eigenvalue weighted by Crippen LogP contribution is 2.28. The second-order valence-electron chi connectivity index (χ2n) is 5.30. The third kappa shape index (κ3) is 4.71. The monoisotopic (exact) mass is 279 g/mol. The Morgan fingerprint density at radius 3 is 2.20 bits per heavy atom. The molecule has 0 fully saturated rings. The zero-order valence-corrected chi connectivity index (χ0v) is 13.5. The highest BCUT2D eigenvalue weighted by molar-refractivity contribution is 5.43. The third-order valence-electron chi connectivity index (χ3n) is 4.11. The Labute approximate surface area is 123 Å². The van der Waals surface area contributed by atoms with Crippen LogP contribution in [-0.4, -0.2) is 27.3 Å². The van der Waals surface area contributed by atoms with Gasteiger partial charge in [-0.1, -0.05) is 32.8 Å². The fourth-order valence-electron chi connectivity index (χ4n) is 2.62. The predicted octanol–water partition coefficient (Wildman–Crippen LogP) is 3.66. The highest BCUT2D eigenvalue weighted by atomic mass is 16.5. The van der Waals surface area contributed by atoms with E-state index in [1.165, 1.54) is 24.8 Å². The summed E-state index contributed by atoms with van der Waals surface area (Å²) in [6, 6.07) is 6.70. The standard InChI is InChI=1S/C17H29NO2/c1-6-13(7-2)10-15(18-3)11-14-8-9-16(19-4)17(12-14)20-5/h8-9,12-13,15,18H,6-7,10-11H2,1-5H3. The van der Waals surface area contributed by atoms with Crippen molar-refractivity contribution in [1.29, 1.82) is 0 Å². The molecule has 1 aromatic rings. The molecule has 1 atom stereocenters. The Balaban J connectivity index is 2.74. The minimum Gasteiger partial charge on any atom is -0.493 e. The summed E-state index contributed by atoms with van der Waals surface area (Å²) in [7, 11) is 5.40. The number of ether oxygens (including phenoxy) is 2. The number of likely N-dealkylation sites (N-methyl/N-ethyl adjacent to an activating group) is 1. The van der Waals surface area contributed by atoms with Crippen LogP contribution >= 0.6 is 0 Å². The molecular weight excluding hydrogens is 250 g/mol. The van der Waals surface area contributed by atoms with Crippen molar-refractivity contribution in [2.24, 2.45) is 5.92 Å². The number of hydrogen-bond acceptors (Lipinski definition) is 3. The van der Waals surface area contributed by atoms with Crippen LogP contribution in [-0.2, 0) is 6.42 Å². The SMILES string of the molecule is CCC(CC)CC(Cc1ccc(OC)c(OC)c1)NC. The van der Waals surface area contributed by atoms with Crippen molar-refractivity contribution in [2.75, 3.05) is 21.3 Å². The van der Waals surface area contributed by atoms with Gasteiger partial charge >= 0.3 is 0 Å². The van der Waals surface area contributed by atoms with E-state index in [-0.39, 0.29) is 0 Å². The molecule has 0 aliphatic rings. The van der Waals surface area contributed by atoms with E-state index in [1.807, 2.05) is 13.1 Å². The Hall–Kier alpha value is -1.22. The summed E-state index contributed by atoms with van der Waals surface area (Å²) in [5.41, 5.74) is 1.29. The average molecular weight is 279 g/mol. The van der Waals surface area contributed by atoms with E-state index in [0.29, 0.717) is 6.04 Å². The molecule has 0 aromatic heterocycles. The Bertz CT molecular complexity index is 389. The topological polar surface area (TPSA) is 30.5 Å². The molecule has 3 heteroatoms. The molecule has 1 rings (SSSR count). The van der Waals surface area contributed by atoms with E-state index in [2.05, 4.69) is 31.3 Å². The quantitative estimate of drug-likeness (QED) is 0.748. The lowest BCUT2D eigenvalue weighted by Gasteiger charge is -2.22. The molecule has 0 heterocycles. The second kappa shape index (κ2) is 8.85. The number of hydrogen-bond donors (Lipinski definition) is 1. The first-order valence-corrected chi connectivity index (χ1v) is 7.56. The van der Waals surface area contributed by atoms with Crippen LogP contribution in [0.4, 0.5) is 0 Å². The van der Waals surface area contributed by atoms with E-state index in [4.69, 9.17) is 9.47 Å². The molecule has 0 bridgehead atoms. The lowest BCUT2D eigenvalue weighted by atomic mass is 9.91. The van der Waals surface area contributed by atoms with E-state index in [0.717, 1.165) is 23.8 Å².